The molecular weight excluding hydrogens is 346 g/mol. The number of para-hydroxylation sites is 2. The number of imidazole rings is 1. The molecule has 0 amide bonds. The van der Waals surface area contributed by atoms with Crippen molar-refractivity contribution in [3.05, 3.63) is 58.4 Å². The standard InChI is InChI=1S/C19H15N5O3/c25-18-12(10-20-24-19-22-13-3-1-2-4-14(13)23-19)7-11-8-16-17(9-15(11)21-18)27-6-5-26-16/h1-4,7-10H,5-6H2,(H,21,25)(H2,22,23,24). The van der Waals surface area contributed by atoms with Gasteiger partial charge in [-0.25, -0.2) is 10.4 Å². The van der Waals surface area contributed by atoms with Gasteiger partial charge in [-0.1, -0.05) is 12.1 Å². The number of hydrogen-bond acceptors (Lipinski definition) is 6. The van der Waals surface area contributed by atoms with Crippen LogP contribution >= 0.6 is 0 Å². The lowest BCUT2D eigenvalue weighted by atomic mass is 10.1. The van der Waals surface area contributed by atoms with E-state index in [0.717, 1.165) is 16.4 Å². The van der Waals surface area contributed by atoms with Gasteiger partial charge in [-0.2, -0.15) is 5.10 Å². The summed E-state index contributed by atoms with van der Waals surface area (Å²) in [5.41, 5.74) is 5.42. The normalized spacial score (nSPS) is 13.5. The minimum absolute atomic E-state index is 0.241. The highest BCUT2D eigenvalue weighted by molar-refractivity contribution is 5.89. The van der Waals surface area contributed by atoms with E-state index in [1.807, 2.05) is 30.3 Å². The van der Waals surface area contributed by atoms with Crippen LogP contribution in [0.15, 0.2) is 52.4 Å². The molecule has 0 unspecified atom stereocenters. The Morgan fingerprint density at radius 2 is 1.85 bits per heavy atom. The number of aromatic nitrogens is 3. The van der Waals surface area contributed by atoms with E-state index in [1.54, 1.807) is 12.1 Å². The average Bonchev–Trinajstić information content (AvgIpc) is 3.10. The molecule has 0 saturated carbocycles. The van der Waals surface area contributed by atoms with Gasteiger partial charge in [-0.15, -0.1) is 0 Å². The van der Waals surface area contributed by atoms with Gasteiger partial charge in [0.2, 0.25) is 5.95 Å². The van der Waals surface area contributed by atoms with Gasteiger partial charge >= 0.3 is 0 Å². The van der Waals surface area contributed by atoms with Crippen LogP contribution in [0, 0.1) is 0 Å². The van der Waals surface area contributed by atoms with Crippen molar-refractivity contribution in [1.82, 2.24) is 15.0 Å². The first-order valence-electron chi connectivity index (χ1n) is 8.47. The van der Waals surface area contributed by atoms with Crippen LogP contribution in [0.2, 0.25) is 0 Å². The first-order valence-corrected chi connectivity index (χ1v) is 8.47. The largest absolute Gasteiger partial charge is 0.486 e. The highest BCUT2D eigenvalue weighted by atomic mass is 16.6. The molecule has 0 aliphatic carbocycles. The summed E-state index contributed by atoms with van der Waals surface area (Å²) in [6, 6.07) is 13.1. The number of rotatable bonds is 3. The molecule has 5 rings (SSSR count). The number of nitrogens with zero attached hydrogens (tertiary/aromatic N) is 2. The molecule has 0 saturated heterocycles. The Morgan fingerprint density at radius 1 is 1.04 bits per heavy atom. The maximum atomic E-state index is 12.3. The molecule has 0 atom stereocenters. The summed E-state index contributed by atoms with van der Waals surface area (Å²) < 4.78 is 11.1. The number of hydrogen-bond donors (Lipinski definition) is 3. The van der Waals surface area contributed by atoms with Crippen LogP contribution in [0.25, 0.3) is 21.9 Å². The Hall–Kier alpha value is -3.81. The van der Waals surface area contributed by atoms with Crippen molar-refractivity contribution in [1.29, 1.82) is 0 Å². The lowest BCUT2D eigenvalue weighted by Crippen LogP contribution is -2.16. The second-order valence-electron chi connectivity index (χ2n) is 6.11. The Labute approximate surface area is 152 Å². The molecule has 2 aromatic heterocycles. The summed E-state index contributed by atoms with van der Waals surface area (Å²) >= 11 is 0. The maximum absolute atomic E-state index is 12.3. The number of pyridine rings is 1. The zero-order valence-corrected chi connectivity index (χ0v) is 14.2. The zero-order valence-electron chi connectivity index (χ0n) is 14.2. The summed E-state index contributed by atoms with van der Waals surface area (Å²) in [5.74, 6) is 1.81. The van der Waals surface area contributed by atoms with E-state index in [0.29, 0.717) is 41.7 Å². The first kappa shape index (κ1) is 15.4. The van der Waals surface area contributed by atoms with Crippen LogP contribution < -0.4 is 20.5 Å². The monoisotopic (exact) mass is 361 g/mol. The van der Waals surface area contributed by atoms with E-state index in [-0.39, 0.29) is 5.56 Å². The Balaban J connectivity index is 1.44. The van der Waals surface area contributed by atoms with Crippen LogP contribution in [0.5, 0.6) is 11.5 Å². The minimum atomic E-state index is -0.241. The third-order valence-corrected chi connectivity index (χ3v) is 4.30. The van der Waals surface area contributed by atoms with Crippen LogP contribution in [0.4, 0.5) is 5.95 Å². The number of ether oxygens (including phenoxy) is 2. The van der Waals surface area contributed by atoms with Crippen LogP contribution in [0.1, 0.15) is 5.56 Å². The van der Waals surface area contributed by atoms with Gasteiger partial charge in [0.05, 0.1) is 28.3 Å². The van der Waals surface area contributed by atoms with Crippen molar-refractivity contribution in [3.8, 4) is 11.5 Å². The molecule has 27 heavy (non-hydrogen) atoms. The third kappa shape index (κ3) is 2.86. The smallest absolute Gasteiger partial charge is 0.257 e. The molecule has 0 fully saturated rings. The molecule has 4 aromatic rings. The quantitative estimate of drug-likeness (QED) is 0.384. The summed E-state index contributed by atoms with van der Waals surface area (Å²) in [6.07, 6.45) is 1.46. The highest BCUT2D eigenvalue weighted by Crippen LogP contribution is 2.33. The molecule has 3 heterocycles. The molecule has 1 aliphatic heterocycles. The summed E-state index contributed by atoms with van der Waals surface area (Å²) in [6.45, 7) is 1.01. The Bertz CT molecular complexity index is 1210. The Kier molecular flexibility index (Phi) is 3.53. The number of nitrogens with one attached hydrogen (secondary N) is 3. The number of anilines is 1. The molecule has 0 bridgehead atoms. The number of H-pyrrole nitrogens is 2. The minimum Gasteiger partial charge on any atom is -0.486 e. The molecule has 0 radical (unpaired) electrons. The fourth-order valence-electron chi connectivity index (χ4n) is 3.02. The molecule has 1 aliphatic rings. The highest BCUT2D eigenvalue weighted by Gasteiger charge is 2.13. The van der Waals surface area contributed by atoms with Gasteiger partial charge in [0.1, 0.15) is 13.2 Å². The van der Waals surface area contributed by atoms with Gasteiger partial charge in [0, 0.05) is 11.5 Å². The maximum Gasteiger partial charge on any atom is 0.257 e. The number of hydrazone groups is 1. The number of benzene rings is 2. The van der Waals surface area contributed by atoms with Crippen molar-refractivity contribution in [2.24, 2.45) is 5.10 Å². The second-order valence-corrected chi connectivity index (χ2v) is 6.11. The van der Waals surface area contributed by atoms with Crippen LogP contribution in [-0.4, -0.2) is 34.4 Å². The predicted molar refractivity (Wildman–Crippen MR) is 103 cm³/mol. The van der Waals surface area contributed by atoms with Crippen molar-refractivity contribution >= 4 is 34.1 Å². The number of aromatic amines is 2. The summed E-state index contributed by atoms with van der Waals surface area (Å²) in [7, 11) is 0. The van der Waals surface area contributed by atoms with E-state index in [2.05, 4.69) is 25.5 Å². The van der Waals surface area contributed by atoms with E-state index < -0.39 is 0 Å². The van der Waals surface area contributed by atoms with Gasteiger partial charge in [0.25, 0.3) is 5.56 Å². The lowest BCUT2D eigenvalue weighted by Gasteiger charge is -2.18. The second kappa shape index (κ2) is 6.17. The van der Waals surface area contributed by atoms with E-state index in [1.165, 1.54) is 6.21 Å². The molecule has 2 aromatic carbocycles. The van der Waals surface area contributed by atoms with Crippen molar-refractivity contribution < 1.29 is 9.47 Å². The molecule has 3 N–H and O–H groups in total. The van der Waals surface area contributed by atoms with Gasteiger partial charge < -0.3 is 19.4 Å². The van der Waals surface area contributed by atoms with Crippen molar-refractivity contribution in [2.75, 3.05) is 18.6 Å². The van der Waals surface area contributed by atoms with Crippen LogP contribution in [0.3, 0.4) is 0 Å². The third-order valence-electron chi connectivity index (χ3n) is 4.30. The molecule has 134 valence electrons. The molecule has 8 heteroatoms. The fraction of sp³-hybridized carbons (Fsp3) is 0.105. The van der Waals surface area contributed by atoms with E-state index in [9.17, 15) is 4.79 Å². The molecular formula is C19H15N5O3. The fourth-order valence-corrected chi connectivity index (χ4v) is 3.02. The first-order chi connectivity index (χ1) is 13.3. The van der Waals surface area contributed by atoms with Crippen molar-refractivity contribution in [2.45, 2.75) is 0 Å². The SMILES string of the molecule is O=c1[nH]c2cc3c(cc2cc1C=NNc1nc2ccccc2[nH]1)OCCO3. The van der Waals surface area contributed by atoms with Crippen molar-refractivity contribution in [3.63, 3.8) is 0 Å². The summed E-state index contributed by atoms with van der Waals surface area (Å²) in [4.78, 5) is 22.6. The average molecular weight is 361 g/mol. The Morgan fingerprint density at radius 3 is 2.70 bits per heavy atom. The molecule has 0 spiro atoms. The number of fused-ring (bicyclic) bond motifs is 3. The van der Waals surface area contributed by atoms with Gasteiger partial charge in [-0.3, -0.25) is 4.79 Å². The van der Waals surface area contributed by atoms with Crippen LogP contribution in [-0.2, 0) is 0 Å². The van der Waals surface area contributed by atoms with E-state index >= 15 is 0 Å². The molecule has 8 nitrogen and oxygen atoms in total. The van der Waals surface area contributed by atoms with Gasteiger partial charge in [0.15, 0.2) is 11.5 Å². The topological polar surface area (TPSA) is 104 Å². The lowest BCUT2D eigenvalue weighted by molar-refractivity contribution is 0.172. The predicted octanol–water partition coefficient (Wildman–Crippen LogP) is 2.62. The van der Waals surface area contributed by atoms with Gasteiger partial charge in [-0.05, 0) is 24.3 Å². The van der Waals surface area contributed by atoms with E-state index in [4.69, 9.17) is 9.47 Å². The summed E-state index contributed by atoms with van der Waals surface area (Å²) in [5, 5.41) is 4.95. The zero-order chi connectivity index (χ0) is 18.2.